The first-order valence-corrected chi connectivity index (χ1v) is 7.09. The lowest BCUT2D eigenvalue weighted by molar-refractivity contribution is -0.380. The van der Waals surface area contributed by atoms with Crippen LogP contribution in [0.15, 0.2) is 10.2 Å². The number of phenols is 1. The monoisotopic (exact) mass is 321 g/mol. The van der Waals surface area contributed by atoms with Crippen molar-refractivity contribution in [2.75, 3.05) is 0 Å². The van der Waals surface area contributed by atoms with Crippen LogP contribution in [0.3, 0.4) is 0 Å². The van der Waals surface area contributed by atoms with E-state index in [1.165, 1.54) is 13.8 Å². The molecule has 116 valence electrons. The highest BCUT2D eigenvalue weighted by Gasteiger charge is 2.18. The summed E-state index contributed by atoms with van der Waals surface area (Å²) in [6.07, 6.45) is 0. The molecule has 0 radical (unpaired) electrons. The van der Waals surface area contributed by atoms with Gasteiger partial charge in [-0.2, -0.15) is 0 Å². The molecule has 1 aromatic heterocycles. The first-order valence-electron chi connectivity index (χ1n) is 6.27. The van der Waals surface area contributed by atoms with Gasteiger partial charge in [0.25, 0.3) is 0 Å². The van der Waals surface area contributed by atoms with Crippen LogP contribution < -0.4 is 5.11 Å². The Morgan fingerprint density at radius 2 is 1.77 bits per heavy atom. The van der Waals surface area contributed by atoms with Crippen LogP contribution in [0, 0.1) is 37.8 Å². The third-order valence-corrected chi connectivity index (χ3v) is 4.33. The van der Waals surface area contributed by atoms with Gasteiger partial charge in [-0.15, -0.1) is 10.2 Å². The van der Waals surface area contributed by atoms with E-state index in [9.17, 15) is 20.3 Å². The molecular formula is C13H13N4O4S-. The average molecular weight is 321 g/mol. The van der Waals surface area contributed by atoms with Crippen molar-refractivity contribution in [3.8, 4) is 11.5 Å². The maximum absolute atomic E-state index is 11.8. The van der Waals surface area contributed by atoms with E-state index in [-0.39, 0.29) is 38.6 Å². The van der Waals surface area contributed by atoms with Gasteiger partial charge < -0.3 is 10.2 Å². The third kappa shape index (κ3) is 2.62. The number of aryl methyl sites for hydroxylation is 1. The number of benzene rings is 1. The van der Waals surface area contributed by atoms with E-state index in [0.717, 1.165) is 11.3 Å². The molecule has 0 atom stereocenters. The van der Waals surface area contributed by atoms with Crippen molar-refractivity contribution in [2.24, 2.45) is 10.2 Å². The van der Waals surface area contributed by atoms with E-state index in [1.807, 2.05) is 0 Å². The van der Waals surface area contributed by atoms with E-state index in [2.05, 4.69) is 15.2 Å². The smallest absolute Gasteiger partial charge is 0.348 e. The van der Waals surface area contributed by atoms with E-state index in [4.69, 9.17) is 0 Å². The Balaban J connectivity index is 2.47. The molecule has 8 nitrogen and oxygen atoms in total. The summed E-state index contributed by atoms with van der Waals surface area (Å²) in [7, 11) is 0. The number of nitro groups is 1. The maximum atomic E-state index is 11.8. The SMILES string of the molecule is Cc1nc(N=Nc2c(C)c(C)c([O-])c(C)c2O)sc1[N+](=O)[O-]. The van der Waals surface area contributed by atoms with E-state index < -0.39 is 4.92 Å². The van der Waals surface area contributed by atoms with Crippen molar-refractivity contribution < 1.29 is 15.1 Å². The Labute approximate surface area is 129 Å². The molecule has 9 heteroatoms. The Hall–Kier alpha value is -2.55. The number of hydrogen-bond acceptors (Lipinski definition) is 8. The van der Waals surface area contributed by atoms with Crippen molar-refractivity contribution in [1.82, 2.24) is 4.98 Å². The minimum Gasteiger partial charge on any atom is -0.872 e. The minimum atomic E-state index is -0.532. The summed E-state index contributed by atoms with van der Waals surface area (Å²) in [4.78, 5) is 14.2. The Morgan fingerprint density at radius 1 is 1.14 bits per heavy atom. The van der Waals surface area contributed by atoms with Gasteiger partial charge in [0.15, 0.2) is 0 Å². The molecule has 1 aromatic carbocycles. The largest absolute Gasteiger partial charge is 0.872 e. The van der Waals surface area contributed by atoms with Gasteiger partial charge in [0.05, 0.1) is 4.92 Å². The van der Waals surface area contributed by atoms with E-state index in [0.29, 0.717) is 11.1 Å². The molecule has 0 bridgehead atoms. The molecule has 1 N–H and O–H groups in total. The zero-order valence-corrected chi connectivity index (χ0v) is 13.2. The molecule has 2 rings (SSSR count). The van der Waals surface area contributed by atoms with Crippen molar-refractivity contribution in [3.05, 3.63) is 32.5 Å². The molecule has 0 fully saturated rings. The predicted molar refractivity (Wildman–Crippen MR) is 79.4 cm³/mol. The maximum Gasteiger partial charge on any atom is 0.348 e. The normalized spacial score (nSPS) is 11.3. The highest BCUT2D eigenvalue weighted by atomic mass is 32.1. The fraction of sp³-hybridized carbons (Fsp3) is 0.308. The van der Waals surface area contributed by atoms with Crippen LogP contribution in [-0.2, 0) is 0 Å². The Bertz CT molecular complexity index is 769. The van der Waals surface area contributed by atoms with Crippen molar-refractivity contribution >= 4 is 27.2 Å². The Morgan fingerprint density at radius 3 is 2.32 bits per heavy atom. The number of rotatable bonds is 3. The van der Waals surface area contributed by atoms with Gasteiger partial charge in [0.2, 0.25) is 5.13 Å². The lowest BCUT2D eigenvalue weighted by Crippen LogP contribution is -1.99. The molecule has 2 aromatic rings. The highest BCUT2D eigenvalue weighted by molar-refractivity contribution is 7.18. The van der Waals surface area contributed by atoms with Gasteiger partial charge in [-0.1, -0.05) is 11.3 Å². The average Bonchev–Trinajstić information content (AvgIpc) is 2.84. The highest BCUT2D eigenvalue weighted by Crippen LogP contribution is 2.42. The van der Waals surface area contributed by atoms with Gasteiger partial charge in [0.1, 0.15) is 17.1 Å². The third-order valence-electron chi connectivity index (χ3n) is 3.34. The van der Waals surface area contributed by atoms with Crippen LogP contribution in [0.1, 0.15) is 22.4 Å². The van der Waals surface area contributed by atoms with E-state index >= 15 is 0 Å². The second-order valence-corrected chi connectivity index (χ2v) is 5.70. The molecular weight excluding hydrogens is 308 g/mol. The molecule has 22 heavy (non-hydrogen) atoms. The quantitative estimate of drug-likeness (QED) is 0.526. The molecule has 0 saturated carbocycles. The van der Waals surface area contributed by atoms with Crippen molar-refractivity contribution in [3.63, 3.8) is 0 Å². The lowest BCUT2D eigenvalue weighted by Gasteiger charge is -2.19. The van der Waals surface area contributed by atoms with Crippen LogP contribution in [0.2, 0.25) is 0 Å². The summed E-state index contributed by atoms with van der Waals surface area (Å²) >= 11 is 0.796. The summed E-state index contributed by atoms with van der Waals surface area (Å²) in [6, 6.07) is 0. The molecule has 0 saturated heterocycles. The second kappa shape index (κ2) is 5.68. The van der Waals surface area contributed by atoms with Crippen LogP contribution in [0.4, 0.5) is 15.8 Å². The molecule has 0 aliphatic rings. The van der Waals surface area contributed by atoms with Gasteiger partial charge >= 0.3 is 5.00 Å². The molecule has 0 aliphatic carbocycles. The molecule has 1 heterocycles. The lowest BCUT2D eigenvalue weighted by atomic mass is 10.0. The fourth-order valence-electron chi connectivity index (χ4n) is 1.89. The van der Waals surface area contributed by atoms with Gasteiger partial charge in [-0.25, -0.2) is 4.98 Å². The van der Waals surface area contributed by atoms with Crippen molar-refractivity contribution in [1.29, 1.82) is 0 Å². The van der Waals surface area contributed by atoms with Gasteiger partial charge in [0, 0.05) is 0 Å². The minimum absolute atomic E-state index is 0.0999. The zero-order chi connectivity index (χ0) is 16.6. The number of nitrogens with zero attached hydrogens (tertiary/aromatic N) is 4. The summed E-state index contributed by atoms with van der Waals surface area (Å²) in [5.41, 5.74) is 1.61. The molecule has 0 amide bonds. The molecule has 0 unspecified atom stereocenters. The number of aromatic hydroxyl groups is 1. The fourth-order valence-corrected chi connectivity index (χ4v) is 2.60. The van der Waals surface area contributed by atoms with Gasteiger partial charge in [-0.3, -0.25) is 10.1 Å². The number of azo groups is 1. The van der Waals surface area contributed by atoms with Crippen LogP contribution in [0.5, 0.6) is 11.5 Å². The number of aromatic nitrogens is 1. The van der Waals surface area contributed by atoms with Crippen molar-refractivity contribution in [2.45, 2.75) is 27.7 Å². The van der Waals surface area contributed by atoms with Gasteiger partial charge in [-0.05, 0) is 50.2 Å². The first-order chi connectivity index (χ1) is 10.2. The van der Waals surface area contributed by atoms with Crippen LogP contribution >= 0.6 is 11.3 Å². The van der Waals surface area contributed by atoms with E-state index in [1.54, 1.807) is 13.8 Å². The summed E-state index contributed by atoms with van der Waals surface area (Å²) in [5, 5.41) is 40.4. The summed E-state index contributed by atoms with van der Waals surface area (Å²) in [5.74, 6) is -0.477. The number of hydrogen-bond donors (Lipinski definition) is 1. The predicted octanol–water partition coefficient (Wildman–Crippen LogP) is 3.48. The Kier molecular flexibility index (Phi) is 4.09. The molecule has 0 spiro atoms. The summed E-state index contributed by atoms with van der Waals surface area (Å²) in [6.45, 7) is 6.31. The second-order valence-electron chi connectivity index (χ2n) is 4.75. The standard InChI is InChI=1S/C13H14N4O4S/c1-5-6(2)10(18)7(3)11(19)9(5)15-16-13-14-8(4)12(22-13)17(20)21/h18-19H,1-4H3/p-1. The summed E-state index contributed by atoms with van der Waals surface area (Å²) < 4.78 is 0. The molecule has 0 aliphatic heterocycles. The number of phenolic OH excluding ortho intramolecular Hbond substituents is 1. The number of thiazole rings is 1. The van der Waals surface area contributed by atoms with Crippen LogP contribution in [-0.4, -0.2) is 15.0 Å². The van der Waals surface area contributed by atoms with Crippen LogP contribution in [0.25, 0.3) is 0 Å². The topological polar surface area (TPSA) is 124 Å². The zero-order valence-electron chi connectivity index (χ0n) is 12.4. The first kappa shape index (κ1) is 15.8.